The number of hydrogen-bond acceptors (Lipinski definition) is 7. The molecule has 0 saturated carbocycles. The topological polar surface area (TPSA) is 81.9 Å². The average molecular weight is 433 g/mol. The first-order valence-corrected chi connectivity index (χ1v) is 11.0. The third kappa shape index (κ3) is 5.23. The number of carbonyl (C=O) groups is 2. The molecule has 0 aliphatic carbocycles. The maximum absolute atomic E-state index is 12.8. The SMILES string of the molecule is Cc1noc(C)c1CSc1ccccc1C(=O)OC(C)C(=O)N1CC(C)OC(C)C1. The van der Waals surface area contributed by atoms with Gasteiger partial charge in [-0.3, -0.25) is 4.79 Å². The second-order valence-electron chi connectivity index (χ2n) is 7.64. The Hall–Kier alpha value is -2.32. The van der Waals surface area contributed by atoms with Crippen LogP contribution in [0.3, 0.4) is 0 Å². The quantitative estimate of drug-likeness (QED) is 0.508. The fourth-order valence-electron chi connectivity index (χ4n) is 3.51. The second kappa shape index (κ2) is 9.66. The minimum Gasteiger partial charge on any atom is -0.449 e. The number of thioether (sulfide) groups is 1. The largest absolute Gasteiger partial charge is 0.449 e. The molecule has 0 radical (unpaired) electrons. The first-order valence-electron chi connectivity index (χ1n) is 10.0. The number of nitrogens with zero attached hydrogens (tertiary/aromatic N) is 2. The molecule has 0 N–H and O–H groups in total. The summed E-state index contributed by atoms with van der Waals surface area (Å²) >= 11 is 1.51. The van der Waals surface area contributed by atoms with Gasteiger partial charge in [-0.05, 0) is 46.8 Å². The van der Waals surface area contributed by atoms with Crippen molar-refractivity contribution < 1.29 is 23.6 Å². The van der Waals surface area contributed by atoms with Crippen LogP contribution < -0.4 is 0 Å². The lowest BCUT2D eigenvalue weighted by molar-refractivity contribution is -0.151. The minimum atomic E-state index is -0.865. The first-order chi connectivity index (χ1) is 14.3. The van der Waals surface area contributed by atoms with Crippen molar-refractivity contribution in [3.63, 3.8) is 0 Å². The zero-order valence-corrected chi connectivity index (χ0v) is 18.8. The van der Waals surface area contributed by atoms with E-state index in [9.17, 15) is 9.59 Å². The van der Waals surface area contributed by atoms with E-state index >= 15 is 0 Å². The summed E-state index contributed by atoms with van der Waals surface area (Å²) in [5.41, 5.74) is 2.30. The number of ether oxygens (including phenoxy) is 2. The molecule has 8 heteroatoms. The molecule has 1 amide bonds. The zero-order valence-electron chi connectivity index (χ0n) is 18.0. The molecule has 1 fully saturated rings. The van der Waals surface area contributed by atoms with Gasteiger partial charge in [0.15, 0.2) is 6.10 Å². The molecule has 1 aromatic carbocycles. The molecule has 3 unspecified atom stereocenters. The summed E-state index contributed by atoms with van der Waals surface area (Å²) in [6, 6.07) is 7.25. The van der Waals surface area contributed by atoms with Gasteiger partial charge in [0, 0.05) is 29.3 Å². The first kappa shape index (κ1) is 22.4. The van der Waals surface area contributed by atoms with Gasteiger partial charge in [0.25, 0.3) is 5.91 Å². The predicted molar refractivity (Wildman–Crippen MR) is 113 cm³/mol. The smallest absolute Gasteiger partial charge is 0.340 e. The number of hydrogen-bond donors (Lipinski definition) is 0. The number of benzene rings is 1. The van der Waals surface area contributed by atoms with E-state index in [-0.39, 0.29) is 18.1 Å². The van der Waals surface area contributed by atoms with Crippen molar-refractivity contribution in [1.29, 1.82) is 0 Å². The molecule has 1 aliphatic rings. The van der Waals surface area contributed by atoms with E-state index in [0.717, 1.165) is 21.9 Å². The van der Waals surface area contributed by atoms with Crippen LogP contribution in [-0.4, -0.2) is 53.3 Å². The molecule has 1 saturated heterocycles. The van der Waals surface area contributed by atoms with Crippen molar-refractivity contribution in [2.24, 2.45) is 0 Å². The van der Waals surface area contributed by atoms with Gasteiger partial charge in [0.2, 0.25) is 0 Å². The Bertz CT molecular complexity index is 883. The number of morpholine rings is 1. The highest BCUT2D eigenvalue weighted by Gasteiger charge is 2.31. The molecule has 2 heterocycles. The van der Waals surface area contributed by atoms with E-state index in [1.807, 2.05) is 39.8 Å². The van der Waals surface area contributed by atoms with Gasteiger partial charge in [-0.25, -0.2) is 4.79 Å². The number of carbonyl (C=O) groups excluding carboxylic acids is 2. The molecular weight excluding hydrogens is 404 g/mol. The molecule has 0 spiro atoms. The maximum Gasteiger partial charge on any atom is 0.340 e. The van der Waals surface area contributed by atoms with E-state index in [1.165, 1.54) is 11.8 Å². The number of rotatable bonds is 6. The number of aryl methyl sites for hydroxylation is 2. The Kier molecular flexibility index (Phi) is 7.20. The Morgan fingerprint density at radius 1 is 1.23 bits per heavy atom. The fourth-order valence-corrected chi connectivity index (χ4v) is 4.70. The molecule has 2 aromatic rings. The van der Waals surface area contributed by atoms with Crippen molar-refractivity contribution in [1.82, 2.24) is 10.1 Å². The summed E-state index contributed by atoms with van der Waals surface area (Å²) in [6.07, 6.45) is -0.945. The standard InChI is InChI=1S/C22H28N2O5S/c1-13-10-24(11-14(2)27-13)21(25)17(5)28-22(26)18-8-6-7-9-20(18)30-12-19-15(3)23-29-16(19)4/h6-9,13-14,17H,10-12H2,1-5H3. The molecule has 3 rings (SSSR count). The molecule has 162 valence electrons. The number of amides is 1. The highest BCUT2D eigenvalue weighted by Crippen LogP contribution is 2.29. The van der Waals surface area contributed by atoms with Crippen LogP contribution in [-0.2, 0) is 20.0 Å². The Morgan fingerprint density at radius 2 is 1.90 bits per heavy atom. The van der Waals surface area contributed by atoms with Crippen LogP contribution in [0.25, 0.3) is 0 Å². The number of esters is 1. The lowest BCUT2D eigenvalue weighted by Gasteiger charge is -2.36. The fraction of sp³-hybridized carbons (Fsp3) is 0.500. The van der Waals surface area contributed by atoms with E-state index < -0.39 is 12.1 Å². The summed E-state index contributed by atoms with van der Waals surface area (Å²) < 4.78 is 16.4. The van der Waals surface area contributed by atoms with E-state index in [4.69, 9.17) is 14.0 Å². The molecular formula is C22H28N2O5S. The Balaban J connectivity index is 1.66. The van der Waals surface area contributed by atoms with Gasteiger partial charge in [-0.2, -0.15) is 0 Å². The summed E-state index contributed by atoms with van der Waals surface area (Å²) in [6.45, 7) is 10.2. The van der Waals surface area contributed by atoms with E-state index in [0.29, 0.717) is 24.4 Å². The summed E-state index contributed by atoms with van der Waals surface area (Å²) in [4.78, 5) is 28.1. The lowest BCUT2D eigenvalue weighted by atomic mass is 10.2. The summed E-state index contributed by atoms with van der Waals surface area (Å²) in [5.74, 6) is 0.690. The van der Waals surface area contributed by atoms with Gasteiger partial charge in [0.05, 0.1) is 23.5 Å². The molecule has 3 atom stereocenters. The van der Waals surface area contributed by atoms with Crippen LogP contribution in [0.4, 0.5) is 0 Å². The van der Waals surface area contributed by atoms with Crippen molar-refractivity contribution in [3.05, 3.63) is 46.8 Å². The third-order valence-electron chi connectivity index (χ3n) is 5.02. The molecule has 1 aromatic heterocycles. The molecule has 0 bridgehead atoms. The van der Waals surface area contributed by atoms with Crippen LogP contribution in [0.5, 0.6) is 0 Å². The number of aromatic nitrogens is 1. The zero-order chi connectivity index (χ0) is 21.8. The van der Waals surface area contributed by atoms with Crippen LogP contribution in [0, 0.1) is 13.8 Å². The van der Waals surface area contributed by atoms with Crippen molar-refractivity contribution >= 4 is 23.6 Å². The van der Waals surface area contributed by atoms with Crippen LogP contribution in [0.2, 0.25) is 0 Å². The molecule has 7 nitrogen and oxygen atoms in total. The van der Waals surface area contributed by atoms with Crippen LogP contribution in [0.15, 0.2) is 33.7 Å². The second-order valence-corrected chi connectivity index (χ2v) is 8.65. The van der Waals surface area contributed by atoms with Gasteiger partial charge in [-0.15, -0.1) is 11.8 Å². The van der Waals surface area contributed by atoms with Crippen molar-refractivity contribution in [2.45, 2.75) is 63.6 Å². The predicted octanol–water partition coefficient (Wildman–Crippen LogP) is 3.76. The monoisotopic (exact) mass is 432 g/mol. The van der Waals surface area contributed by atoms with Crippen molar-refractivity contribution in [3.8, 4) is 0 Å². The minimum absolute atomic E-state index is 0.0398. The van der Waals surface area contributed by atoms with Crippen LogP contribution >= 0.6 is 11.8 Å². The third-order valence-corrected chi connectivity index (χ3v) is 6.12. The Labute approximate surface area is 181 Å². The summed E-state index contributed by atoms with van der Waals surface area (Å²) in [7, 11) is 0. The van der Waals surface area contributed by atoms with Crippen molar-refractivity contribution in [2.75, 3.05) is 13.1 Å². The highest BCUT2D eigenvalue weighted by atomic mass is 32.2. The van der Waals surface area contributed by atoms with E-state index in [1.54, 1.807) is 24.0 Å². The average Bonchev–Trinajstić information content (AvgIpc) is 3.02. The van der Waals surface area contributed by atoms with Gasteiger partial charge in [-0.1, -0.05) is 17.3 Å². The highest BCUT2D eigenvalue weighted by molar-refractivity contribution is 7.98. The normalized spacial score (nSPS) is 20.1. The van der Waals surface area contributed by atoms with Gasteiger partial charge >= 0.3 is 5.97 Å². The van der Waals surface area contributed by atoms with E-state index in [2.05, 4.69) is 5.16 Å². The maximum atomic E-state index is 12.8. The van der Waals surface area contributed by atoms with Crippen LogP contribution in [0.1, 0.15) is 48.1 Å². The summed E-state index contributed by atoms with van der Waals surface area (Å²) in [5, 5.41) is 3.97. The Morgan fingerprint density at radius 3 is 2.53 bits per heavy atom. The van der Waals surface area contributed by atoms with Gasteiger partial charge in [0.1, 0.15) is 5.76 Å². The molecule has 1 aliphatic heterocycles. The van der Waals surface area contributed by atoms with Gasteiger partial charge < -0.3 is 18.9 Å². The molecule has 30 heavy (non-hydrogen) atoms. The lowest BCUT2D eigenvalue weighted by Crippen LogP contribution is -2.51.